The molecule has 59 valence electrons. The molecule has 0 heterocycles. The molecule has 1 heteroatoms. The monoisotopic (exact) mass is 149 g/mol. The van der Waals surface area contributed by atoms with Crippen molar-refractivity contribution in [2.24, 2.45) is 0 Å². The molecule has 0 aromatic heterocycles. The van der Waals surface area contributed by atoms with Gasteiger partial charge in [-0.05, 0) is 24.5 Å². The van der Waals surface area contributed by atoms with Crippen molar-refractivity contribution in [1.82, 2.24) is 0 Å². The summed E-state index contributed by atoms with van der Waals surface area (Å²) in [5.41, 5.74) is 2.13. The summed E-state index contributed by atoms with van der Waals surface area (Å²) in [6.07, 6.45) is 0.405. The van der Waals surface area contributed by atoms with Crippen molar-refractivity contribution >= 4 is 0 Å². The van der Waals surface area contributed by atoms with Crippen LogP contribution < -0.4 is 0 Å². The topological polar surface area (TPSA) is 20.2 Å². The zero-order valence-electron chi connectivity index (χ0n) is 6.75. The number of benzene rings is 1. The van der Waals surface area contributed by atoms with E-state index in [9.17, 15) is 0 Å². The second-order valence-electron chi connectivity index (χ2n) is 2.61. The lowest BCUT2D eigenvalue weighted by Crippen LogP contribution is -1.92. The van der Waals surface area contributed by atoms with Gasteiger partial charge in [0, 0.05) is 0 Å². The lowest BCUT2D eigenvalue weighted by Gasteiger charge is -2.05. The smallest absolute Gasteiger partial charge is 0.0791 e. The number of rotatable bonds is 2. The van der Waals surface area contributed by atoms with Gasteiger partial charge in [-0.3, -0.25) is 0 Å². The fourth-order valence-electron chi connectivity index (χ4n) is 1.02. The fourth-order valence-corrected chi connectivity index (χ4v) is 1.02. The molecule has 0 bridgehead atoms. The molecule has 1 unspecified atom stereocenters. The van der Waals surface area contributed by atoms with E-state index in [2.05, 4.69) is 13.8 Å². The van der Waals surface area contributed by atoms with Crippen LogP contribution in [0.4, 0.5) is 0 Å². The highest BCUT2D eigenvalue weighted by Gasteiger charge is 1.99. The van der Waals surface area contributed by atoms with E-state index in [0.29, 0.717) is 0 Å². The molecule has 0 saturated heterocycles. The maximum atomic E-state index is 9.13. The quantitative estimate of drug-likeness (QED) is 0.682. The predicted octanol–water partition coefficient (Wildman–Crippen LogP) is 2.12. The third-order valence-electron chi connectivity index (χ3n) is 1.74. The average molecular weight is 149 g/mol. The lowest BCUT2D eigenvalue weighted by molar-refractivity contribution is 0.226. The minimum Gasteiger partial charge on any atom is -0.388 e. The first-order chi connectivity index (χ1) is 5.24. The van der Waals surface area contributed by atoms with E-state index in [0.717, 1.165) is 12.0 Å². The molecule has 1 aromatic rings. The Morgan fingerprint density at radius 3 is 2.82 bits per heavy atom. The van der Waals surface area contributed by atoms with Crippen LogP contribution in [0.2, 0.25) is 0 Å². The van der Waals surface area contributed by atoms with Crippen molar-refractivity contribution in [3.63, 3.8) is 0 Å². The van der Waals surface area contributed by atoms with Crippen LogP contribution in [0.3, 0.4) is 0 Å². The van der Waals surface area contributed by atoms with Crippen LogP contribution in [0.25, 0.3) is 0 Å². The Labute approximate surface area is 67.7 Å². The molecule has 1 rings (SSSR count). The summed E-state index contributed by atoms with van der Waals surface area (Å²) in [4.78, 5) is 0. The van der Waals surface area contributed by atoms with Crippen LogP contribution in [0.15, 0.2) is 24.3 Å². The van der Waals surface area contributed by atoms with Gasteiger partial charge in [0.15, 0.2) is 0 Å². The van der Waals surface area contributed by atoms with Gasteiger partial charge in [-0.15, -0.1) is 0 Å². The second kappa shape index (κ2) is 3.54. The summed E-state index contributed by atoms with van der Waals surface area (Å²) in [5, 5.41) is 9.13. The van der Waals surface area contributed by atoms with Crippen molar-refractivity contribution < 1.29 is 5.11 Å². The van der Waals surface area contributed by atoms with E-state index >= 15 is 0 Å². The van der Waals surface area contributed by atoms with Gasteiger partial charge in [-0.2, -0.15) is 0 Å². The first-order valence-electron chi connectivity index (χ1n) is 3.84. The lowest BCUT2D eigenvalue weighted by atomic mass is 10.1. The molecule has 0 amide bonds. The van der Waals surface area contributed by atoms with E-state index in [1.807, 2.05) is 24.3 Å². The Morgan fingerprint density at radius 2 is 2.27 bits per heavy atom. The summed E-state index contributed by atoms with van der Waals surface area (Å²) >= 11 is 0. The standard InChI is InChI=1S/C10H13O/c1-3-9-5-4-6-10(7-9)8(2)11/h4-8,11H,2-3H2,1H3. The molecule has 1 nitrogen and oxygen atoms in total. The zero-order chi connectivity index (χ0) is 8.27. The molecule has 1 N–H and O–H groups in total. The molecular weight excluding hydrogens is 136 g/mol. The van der Waals surface area contributed by atoms with Crippen molar-refractivity contribution in [2.45, 2.75) is 19.4 Å². The molecule has 1 radical (unpaired) electrons. The SMILES string of the molecule is [CH2]C(O)c1cccc(CC)c1. The maximum Gasteiger partial charge on any atom is 0.0791 e. The predicted molar refractivity (Wildman–Crippen MR) is 46.1 cm³/mol. The van der Waals surface area contributed by atoms with Gasteiger partial charge < -0.3 is 5.11 Å². The van der Waals surface area contributed by atoms with Crippen LogP contribution in [0.1, 0.15) is 24.2 Å². The average Bonchev–Trinajstić information content (AvgIpc) is 2.05. The van der Waals surface area contributed by atoms with E-state index < -0.39 is 6.10 Å². The van der Waals surface area contributed by atoms with Crippen LogP contribution in [0, 0.1) is 6.92 Å². The van der Waals surface area contributed by atoms with Gasteiger partial charge in [-0.25, -0.2) is 0 Å². The Balaban J connectivity index is 2.91. The Bertz CT molecular complexity index is 228. The Hall–Kier alpha value is -0.820. The molecule has 0 saturated carbocycles. The Kier molecular flexibility index (Phi) is 2.66. The largest absolute Gasteiger partial charge is 0.388 e. The molecule has 0 spiro atoms. The second-order valence-corrected chi connectivity index (χ2v) is 2.61. The van der Waals surface area contributed by atoms with Crippen LogP contribution in [-0.2, 0) is 6.42 Å². The minimum atomic E-state index is -0.596. The van der Waals surface area contributed by atoms with Crippen LogP contribution >= 0.6 is 0 Å². The third-order valence-corrected chi connectivity index (χ3v) is 1.74. The number of hydrogen-bond acceptors (Lipinski definition) is 1. The first-order valence-corrected chi connectivity index (χ1v) is 3.84. The molecule has 1 aromatic carbocycles. The molecule has 11 heavy (non-hydrogen) atoms. The van der Waals surface area contributed by atoms with Crippen molar-refractivity contribution in [2.75, 3.05) is 0 Å². The highest BCUT2D eigenvalue weighted by molar-refractivity contribution is 5.25. The molecule has 0 aliphatic carbocycles. The number of aryl methyl sites for hydroxylation is 1. The van der Waals surface area contributed by atoms with E-state index in [4.69, 9.17) is 5.11 Å². The molecule has 1 atom stereocenters. The van der Waals surface area contributed by atoms with Gasteiger partial charge in [0.05, 0.1) is 6.10 Å². The summed E-state index contributed by atoms with van der Waals surface area (Å²) in [7, 11) is 0. The number of aliphatic hydroxyl groups excluding tert-OH is 1. The maximum absolute atomic E-state index is 9.13. The molecule has 0 fully saturated rings. The van der Waals surface area contributed by atoms with E-state index in [1.54, 1.807) is 0 Å². The number of hydrogen-bond donors (Lipinski definition) is 1. The molecule has 0 aliphatic rings. The summed E-state index contributed by atoms with van der Waals surface area (Å²) in [5.74, 6) is 0. The van der Waals surface area contributed by atoms with Crippen molar-refractivity contribution in [3.05, 3.63) is 42.3 Å². The van der Waals surface area contributed by atoms with Gasteiger partial charge in [-0.1, -0.05) is 31.2 Å². The normalized spacial score (nSPS) is 13.0. The first kappa shape index (κ1) is 8.28. The fraction of sp³-hybridized carbons (Fsp3) is 0.300. The highest BCUT2D eigenvalue weighted by Crippen LogP contribution is 2.13. The summed E-state index contributed by atoms with van der Waals surface area (Å²) in [6, 6.07) is 7.86. The highest BCUT2D eigenvalue weighted by atomic mass is 16.3. The number of aliphatic hydroxyl groups is 1. The van der Waals surface area contributed by atoms with Crippen LogP contribution in [-0.4, -0.2) is 5.11 Å². The third kappa shape index (κ3) is 2.05. The van der Waals surface area contributed by atoms with Gasteiger partial charge >= 0.3 is 0 Å². The molecule has 0 aliphatic heterocycles. The summed E-state index contributed by atoms with van der Waals surface area (Å²) < 4.78 is 0. The van der Waals surface area contributed by atoms with Gasteiger partial charge in [0.1, 0.15) is 0 Å². The van der Waals surface area contributed by atoms with Crippen LogP contribution in [0.5, 0.6) is 0 Å². The van der Waals surface area contributed by atoms with E-state index in [1.165, 1.54) is 5.56 Å². The summed E-state index contributed by atoms with van der Waals surface area (Å²) in [6.45, 7) is 5.63. The Morgan fingerprint density at radius 1 is 1.55 bits per heavy atom. The van der Waals surface area contributed by atoms with E-state index in [-0.39, 0.29) is 0 Å². The van der Waals surface area contributed by atoms with Gasteiger partial charge in [0.2, 0.25) is 0 Å². The van der Waals surface area contributed by atoms with Crippen molar-refractivity contribution in [3.8, 4) is 0 Å². The zero-order valence-corrected chi connectivity index (χ0v) is 6.75. The molecular formula is C10H13O. The van der Waals surface area contributed by atoms with Gasteiger partial charge in [0.25, 0.3) is 0 Å². The minimum absolute atomic E-state index is 0.596. The van der Waals surface area contributed by atoms with Crippen molar-refractivity contribution in [1.29, 1.82) is 0 Å².